The molecule has 0 bridgehead atoms. The van der Waals surface area contributed by atoms with Crippen molar-refractivity contribution in [3.63, 3.8) is 0 Å². The molecule has 19 heavy (non-hydrogen) atoms. The number of rotatable bonds is 5. The topological polar surface area (TPSA) is 44.9 Å². The fraction of sp³-hybridized carbons (Fsp3) is 0.154. The minimum absolute atomic E-state index is 0.267. The van der Waals surface area contributed by atoms with Gasteiger partial charge >= 0.3 is 0 Å². The number of aromatic nitrogens is 1. The molecule has 0 aliphatic heterocycles. The third-order valence-corrected chi connectivity index (χ3v) is 3.25. The average molecular weight is 282 g/mol. The van der Waals surface area contributed by atoms with Gasteiger partial charge in [-0.1, -0.05) is 23.9 Å². The van der Waals surface area contributed by atoms with Gasteiger partial charge in [0.25, 0.3) is 11.7 Å². The van der Waals surface area contributed by atoms with Gasteiger partial charge in [0.1, 0.15) is 0 Å². The minimum atomic E-state index is -2.54. The summed E-state index contributed by atoms with van der Waals surface area (Å²) < 4.78 is 24.8. The highest BCUT2D eigenvalue weighted by Crippen LogP contribution is 2.28. The van der Waals surface area contributed by atoms with Crippen LogP contribution in [0.3, 0.4) is 0 Å². The fourth-order valence-corrected chi connectivity index (χ4v) is 2.24. The molecule has 0 saturated heterocycles. The van der Waals surface area contributed by atoms with Crippen LogP contribution < -0.4 is 5.32 Å². The van der Waals surface area contributed by atoms with E-state index in [0.29, 0.717) is 18.3 Å². The van der Waals surface area contributed by atoms with Crippen molar-refractivity contribution in [2.45, 2.75) is 17.2 Å². The van der Waals surface area contributed by atoms with Crippen LogP contribution in [0.1, 0.15) is 15.9 Å². The van der Waals surface area contributed by atoms with Crippen LogP contribution in [0.5, 0.6) is 0 Å². The molecular formula is C13H12F2N2OS. The Bertz CT molecular complexity index is 543. The van der Waals surface area contributed by atoms with E-state index in [0.717, 1.165) is 5.56 Å². The van der Waals surface area contributed by atoms with Gasteiger partial charge in [-0.3, -0.25) is 4.79 Å². The number of hydrogen-bond donors (Lipinski definition) is 2. The number of amides is 1. The van der Waals surface area contributed by atoms with Crippen molar-refractivity contribution < 1.29 is 13.6 Å². The monoisotopic (exact) mass is 282 g/mol. The predicted molar refractivity (Wildman–Crippen MR) is 70.3 cm³/mol. The largest absolute Gasteiger partial charge is 0.367 e. The lowest BCUT2D eigenvalue weighted by Gasteiger charge is -2.08. The summed E-state index contributed by atoms with van der Waals surface area (Å²) >= 11 is 0.376. The van der Waals surface area contributed by atoms with Gasteiger partial charge in [0, 0.05) is 23.8 Å². The van der Waals surface area contributed by atoms with E-state index >= 15 is 0 Å². The zero-order valence-electron chi connectivity index (χ0n) is 9.90. The summed E-state index contributed by atoms with van der Waals surface area (Å²) in [4.78, 5) is 15.1. The molecule has 0 aliphatic carbocycles. The number of aromatic amines is 1. The molecule has 2 aromatic rings. The van der Waals surface area contributed by atoms with E-state index in [1.165, 1.54) is 12.1 Å². The molecule has 1 aromatic carbocycles. The molecule has 0 radical (unpaired) electrons. The highest BCUT2D eigenvalue weighted by atomic mass is 32.2. The van der Waals surface area contributed by atoms with Gasteiger partial charge in [-0.2, -0.15) is 8.78 Å². The summed E-state index contributed by atoms with van der Waals surface area (Å²) in [5, 5.41) is 2.70. The van der Waals surface area contributed by atoms with Crippen molar-refractivity contribution in [3.05, 3.63) is 53.9 Å². The first-order valence-electron chi connectivity index (χ1n) is 5.60. The second kappa shape index (κ2) is 6.38. The maximum absolute atomic E-state index is 12.4. The normalized spacial score (nSPS) is 10.7. The molecule has 0 saturated carbocycles. The standard InChI is InChI=1S/C13H12F2N2OS/c14-13(15)19-11-4-2-1-3-10(11)12(18)17-8-9-5-6-16-7-9/h1-7,13,16H,8H2,(H,17,18). The van der Waals surface area contributed by atoms with Gasteiger partial charge in [-0.15, -0.1) is 0 Å². The number of carbonyl (C=O) groups excluding carboxylic acids is 1. The van der Waals surface area contributed by atoms with E-state index in [1.807, 2.05) is 6.07 Å². The molecule has 0 spiro atoms. The lowest BCUT2D eigenvalue weighted by molar-refractivity contribution is 0.0948. The first-order valence-corrected chi connectivity index (χ1v) is 6.48. The van der Waals surface area contributed by atoms with Crippen LogP contribution in [0.2, 0.25) is 0 Å². The van der Waals surface area contributed by atoms with Gasteiger partial charge < -0.3 is 10.3 Å². The second-order valence-corrected chi connectivity index (χ2v) is 4.81. The van der Waals surface area contributed by atoms with Crippen LogP contribution in [0.4, 0.5) is 8.78 Å². The average Bonchev–Trinajstić information content (AvgIpc) is 2.89. The lowest BCUT2D eigenvalue weighted by Crippen LogP contribution is -2.23. The van der Waals surface area contributed by atoms with E-state index in [1.54, 1.807) is 24.5 Å². The van der Waals surface area contributed by atoms with Crippen LogP contribution in [-0.4, -0.2) is 16.6 Å². The third-order valence-electron chi connectivity index (χ3n) is 2.46. The molecular weight excluding hydrogens is 270 g/mol. The Morgan fingerprint density at radius 2 is 2.11 bits per heavy atom. The van der Waals surface area contributed by atoms with Crippen LogP contribution in [0.25, 0.3) is 0 Å². The maximum atomic E-state index is 12.4. The smallest absolute Gasteiger partial charge is 0.288 e. The highest BCUT2D eigenvalue weighted by Gasteiger charge is 2.14. The van der Waals surface area contributed by atoms with Crippen molar-refractivity contribution in [1.29, 1.82) is 0 Å². The summed E-state index contributed by atoms with van der Waals surface area (Å²) in [6.45, 7) is 0.357. The number of benzene rings is 1. The Kier molecular flexibility index (Phi) is 4.57. The molecule has 3 nitrogen and oxygen atoms in total. The van der Waals surface area contributed by atoms with E-state index < -0.39 is 5.76 Å². The zero-order valence-corrected chi connectivity index (χ0v) is 10.7. The van der Waals surface area contributed by atoms with E-state index in [4.69, 9.17) is 0 Å². The molecule has 1 amide bonds. The zero-order chi connectivity index (χ0) is 13.7. The number of halogens is 2. The van der Waals surface area contributed by atoms with Crippen molar-refractivity contribution in [3.8, 4) is 0 Å². The van der Waals surface area contributed by atoms with Gasteiger partial charge in [0.2, 0.25) is 0 Å². The second-order valence-electron chi connectivity index (χ2n) is 3.78. The molecule has 6 heteroatoms. The molecule has 2 N–H and O–H groups in total. The number of hydrogen-bond acceptors (Lipinski definition) is 2. The highest BCUT2D eigenvalue weighted by molar-refractivity contribution is 7.99. The van der Waals surface area contributed by atoms with Gasteiger partial charge in [0.15, 0.2) is 0 Å². The Balaban J connectivity index is 2.06. The molecule has 0 unspecified atom stereocenters. The first kappa shape index (κ1) is 13.6. The van der Waals surface area contributed by atoms with Crippen LogP contribution in [-0.2, 0) is 6.54 Å². The van der Waals surface area contributed by atoms with Crippen LogP contribution in [0.15, 0.2) is 47.6 Å². The number of thioether (sulfide) groups is 1. The minimum Gasteiger partial charge on any atom is -0.367 e. The third kappa shape index (κ3) is 3.82. The quantitative estimate of drug-likeness (QED) is 0.827. The summed E-state index contributed by atoms with van der Waals surface area (Å²) in [6.07, 6.45) is 3.52. The Labute approximate surface area is 113 Å². The molecule has 1 aromatic heterocycles. The van der Waals surface area contributed by atoms with E-state index in [9.17, 15) is 13.6 Å². The molecule has 100 valence electrons. The van der Waals surface area contributed by atoms with Crippen LogP contribution >= 0.6 is 11.8 Å². The number of nitrogens with one attached hydrogen (secondary N) is 2. The van der Waals surface area contributed by atoms with Gasteiger partial charge in [-0.05, 0) is 23.8 Å². The van der Waals surface area contributed by atoms with Crippen molar-refractivity contribution >= 4 is 17.7 Å². The molecule has 0 aliphatic rings. The maximum Gasteiger partial charge on any atom is 0.288 e. The van der Waals surface area contributed by atoms with Gasteiger partial charge in [0.05, 0.1) is 5.56 Å². The Morgan fingerprint density at radius 3 is 2.79 bits per heavy atom. The van der Waals surface area contributed by atoms with E-state index in [-0.39, 0.29) is 16.4 Å². The van der Waals surface area contributed by atoms with Crippen molar-refractivity contribution in [2.75, 3.05) is 0 Å². The molecule has 2 rings (SSSR count). The molecule has 1 heterocycles. The molecule has 0 atom stereocenters. The van der Waals surface area contributed by atoms with Crippen LogP contribution in [0, 0.1) is 0 Å². The Hall–Kier alpha value is -1.82. The van der Waals surface area contributed by atoms with Crippen molar-refractivity contribution in [2.24, 2.45) is 0 Å². The van der Waals surface area contributed by atoms with Gasteiger partial charge in [-0.25, -0.2) is 0 Å². The van der Waals surface area contributed by atoms with Crippen molar-refractivity contribution in [1.82, 2.24) is 10.3 Å². The predicted octanol–water partition coefficient (Wildman–Crippen LogP) is 3.26. The lowest BCUT2D eigenvalue weighted by atomic mass is 10.2. The number of alkyl halides is 2. The number of carbonyl (C=O) groups is 1. The summed E-state index contributed by atoms with van der Waals surface area (Å²) in [6, 6.07) is 8.17. The SMILES string of the molecule is O=C(NCc1cc[nH]c1)c1ccccc1SC(F)F. The first-order chi connectivity index (χ1) is 9.16. The van der Waals surface area contributed by atoms with E-state index in [2.05, 4.69) is 10.3 Å². The summed E-state index contributed by atoms with van der Waals surface area (Å²) in [7, 11) is 0. The summed E-state index contributed by atoms with van der Waals surface area (Å²) in [5.74, 6) is -2.90. The summed E-state index contributed by atoms with van der Waals surface area (Å²) in [5.41, 5.74) is 1.19. The number of H-pyrrole nitrogens is 1. The molecule has 0 fully saturated rings. The Morgan fingerprint density at radius 1 is 1.32 bits per heavy atom. The fourth-order valence-electron chi connectivity index (χ4n) is 1.60.